The zero-order valence-corrected chi connectivity index (χ0v) is 22.1. The molecule has 9 heteroatoms. The van der Waals surface area contributed by atoms with Crippen LogP contribution in [0.25, 0.3) is 0 Å². The lowest BCUT2D eigenvalue weighted by Gasteiger charge is -2.28. The van der Waals surface area contributed by atoms with Crippen molar-refractivity contribution in [1.29, 1.82) is 5.41 Å². The molecule has 2 aromatic carbocycles. The SMILES string of the molecule is N=C(N)c1ccc(CNC(=O)C2CCCN2C(=O)C(CCc2ccccn2)NSCc2ccccc2)cc1. The first-order chi connectivity index (χ1) is 18.5. The number of amidine groups is 1. The van der Waals surface area contributed by atoms with E-state index in [2.05, 4.69) is 27.2 Å². The zero-order valence-electron chi connectivity index (χ0n) is 21.3. The number of rotatable bonds is 12. The van der Waals surface area contributed by atoms with Crippen LogP contribution >= 0.6 is 11.9 Å². The van der Waals surface area contributed by atoms with Crippen molar-refractivity contribution >= 4 is 29.6 Å². The summed E-state index contributed by atoms with van der Waals surface area (Å²) in [7, 11) is 0. The molecule has 2 amide bonds. The molecule has 4 rings (SSSR count). The number of aromatic nitrogens is 1. The van der Waals surface area contributed by atoms with E-state index in [-0.39, 0.29) is 17.6 Å². The van der Waals surface area contributed by atoms with Crippen LogP contribution in [0, 0.1) is 5.41 Å². The molecule has 1 aromatic heterocycles. The third-order valence-corrected chi connectivity index (χ3v) is 7.52. The van der Waals surface area contributed by atoms with Crippen molar-refractivity contribution in [1.82, 2.24) is 19.9 Å². The first-order valence-corrected chi connectivity index (χ1v) is 13.8. The molecule has 0 saturated carbocycles. The van der Waals surface area contributed by atoms with Gasteiger partial charge in [0.2, 0.25) is 11.8 Å². The Morgan fingerprint density at radius 3 is 2.53 bits per heavy atom. The summed E-state index contributed by atoms with van der Waals surface area (Å²) in [5.74, 6) is 0.547. The number of hydrogen-bond acceptors (Lipinski definition) is 6. The van der Waals surface area contributed by atoms with Crippen LogP contribution in [0.5, 0.6) is 0 Å². The summed E-state index contributed by atoms with van der Waals surface area (Å²) in [5.41, 5.74) is 9.18. The lowest BCUT2D eigenvalue weighted by Crippen LogP contribution is -2.51. The van der Waals surface area contributed by atoms with Crippen LogP contribution in [0.3, 0.4) is 0 Å². The molecule has 198 valence electrons. The number of likely N-dealkylation sites (tertiary alicyclic amines) is 1. The van der Waals surface area contributed by atoms with Gasteiger partial charge in [-0.25, -0.2) is 0 Å². The Kier molecular flexibility index (Phi) is 9.89. The van der Waals surface area contributed by atoms with Crippen LogP contribution in [0.1, 0.15) is 41.6 Å². The highest BCUT2D eigenvalue weighted by Crippen LogP contribution is 2.21. The smallest absolute Gasteiger partial charge is 0.243 e. The van der Waals surface area contributed by atoms with Gasteiger partial charge in [0.05, 0.1) is 6.04 Å². The number of nitrogen functional groups attached to an aromatic ring is 1. The van der Waals surface area contributed by atoms with Gasteiger partial charge in [0, 0.05) is 36.3 Å². The zero-order chi connectivity index (χ0) is 26.7. The molecule has 38 heavy (non-hydrogen) atoms. The standard InChI is InChI=1S/C29H34N6O2S/c30-27(31)23-13-11-21(12-14-23)19-33-28(36)26-10-6-18-35(26)29(37)25(16-15-24-9-4-5-17-32-24)34-38-20-22-7-2-1-3-8-22/h1-5,7-9,11-14,17,25-26,34H,6,10,15-16,18-20H2,(H3,30,31)(H,33,36). The van der Waals surface area contributed by atoms with Gasteiger partial charge in [-0.05, 0) is 48.9 Å². The van der Waals surface area contributed by atoms with Crippen LogP contribution in [0.4, 0.5) is 0 Å². The first-order valence-electron chi connectivity index (χ1n) is 12.8. The number of nitrogens with zero attached hydrogens (tertiary/aromatic N) is 2. The highest BCUT2D eigenvalue weighted by molar-refractivity contribution is 7.96. The van der Waals surface area contributed by atoms with Crippen LogP contribution in [0.15, 0.2) is 79.0 Å². The summed E-state index contributed by atoms with van der Waals surface area (Å²) < 4.78 is 3.39. The normalized spacial score (nSPS) is 15.7. The number of amides is 2. The van der Waals surface area contributed by atoms with Gasteiger partial charge in [0.15, 0.2) is 0 Å². The fourth-order valence-electron chi connectivity index (χ4n) is 4.48. The van der Waals surface area contributed by atoms with E-state index in [1.165, 1.54) is 17.5 Å². The maximum absolute atomic E-state index is 13.7. The number of nitrogens with two attached hydrogens (primary N) is 1. The molecular formula is C29H34N6O2S. The molecule has 0 bridgehead atoms. The van der Waals surface area contributed by atoms with Crippen molar-refractivity contribution in [3.63, 3.8) is 0 Å². The van der Waals surface area contributed by atoms with Crippen molar-refractivity contribution in [3.05, 3.63) is 101 Å². The van der Waals surface area contributed by atoms with Gasteiger partial charge >= 0.3 is 0 Å². The molecule has 0 spiro atoms. The number of carbonyl (C=O) groups is 2. The van der Waals surface area contributed by atoms with Crippen LogP contribution in [0.2, 0.25) is 0 Å². The fourth-order valence-corrected chi connectivity index (χ4v) is 5.35. The fraction of sp³-hybridized carbons (Fsp3) is 0.310. The maximum Gasteiger partial charge on any atom is 0.243 e. The predicted octanol–water partition coefficient (Wildman–Crippen LogP) is 3.41. The summed E-state index contributed by atoms with van der Waals surface area (Å²) >= 11 is 1.51. The van der Waals surface area contributed by atoms with Crippen molar-refractivity contribution < 1.29 is 9.59 Å². The van der Waals surface area contributed by atoms with E-state index in [1.54, 1.807) is 23.2 Å². The third-order valence-electron chi connectivity index (χ3n) is 6.59. The summed E-state index contributed by atoms with van der Waals surface area (Å²) in [6.45, 7) is 0.916. The molecule has 5 N–H and O–H groups in total. The van der Waals surface area contributed by atoms with Gasteiger partial charge in [0.25, 0.3) is 0 Å². The van der Waals surface area contributed by atoms with Gasteiger partial charge < -0.3 is 16.0 Å². The molecule has 1 aliphatic heterocycles. The minimum absolute atomic E-state index is 0.00818. The maximum atomic E-state index is 13.7. The molecular weight excluding hydrogens is 496 g/mol. The minimum Gasteiger partial charge on any atom is -0.384 e. The molecule has 1 saturated heterocycles. The second kappa shape index (κ2) is 13.7. The van der Waals surface area contributed by atoms with Crippen LogP contribution in [-0.4, -0.2) is 46.2 Å². The number of aryl methyl sites for hydroxylation is 1. The molecule has 8 nitrogen and oxygen atoms in total. The van der Waals surface area contributed by atoms with E-state index in [4.69, 9.17) is 11.1 Å². The Morgan fingerprint density at radius 2 is 1.82 bits per heavy atom. The quantitative estimate of drug-likeness (QED) is 0.162. The average Bonchev–Trinajstić information content (AvgIpc) is 3.45. The monoisotopic (exact) mass is 530 g/mol. The second-order valence-corrected chi connectivity index (χ2v) is 10.1. The Labute approximate surface area is 228 Å². The lowest BCUT2D eigenvalue weighted by molar-refractivity contribution is -0.139. The number of hydrogen-bond donors (Lipinski definition) is 4. The van der Waals surface area contributed by atoms with Crippen LogP contribution in [-0.2, 0) is 28.3 Å². The topological polar surface area (TPSA) is 124 Å². The number of carbonyl (C=O) groups excluding carboxylic acids is 2. The van der Waals surface area contributed by atoms with Gasteiger partial charge in [-0.3, -0.25) is 24.7 Å². The van der Waals surface area contributed by atoms with E-state index in [0.717, 1.165) is 23.4 Å². The molecule has 1 fully saturated rings. The molecule has 3 aromatic rings. The summed E-state index contributed by atoms with van der Waals surface area (Å²) in [6, 6.07) is 22.2. The van der Waals surface area contributed by atoms with E-state index >= 15 is 0 Å². The predicted molar refractivity (Wildman–Crippen MR) is 151 cm³/mol. The molecule has 2 heterocycles. The Morgan fingerprint density at radius 1 is 1.05 bits per heavy atom. The molecule has 0 radical (unpaired) electrons. The summed E-state index contributed by atoms with van der Waals surface area (Å²) in [6.07, 6.45) is 4.45. The molecule has 2 unspecified atom stereocenters. The minimum atomic E-state index is -0.489. The highest BCUT2D eigenvalue weighted by Gasteiger charge is 2.37. The lowest BCUT2D eigenvalue weighted by atomic mass is 10.1. The first kappa shape index (κ1) is 27.3. The highest BCUT2D eigenvalue weighted by atomic mass is 32.2. The van der Waals surface area contributed by atoms with Gasteiger partial charge in [-0.1, -0.05) is 72.6 Å². The van der Waals surface area contributed by atoms with Crippen molar-refractivity contribution in [2.45, 2.75) is 50.1 Å². The summed E-state index contributed by atoms with van der Waals surface area (Å²) in [5, 5.41) is 10.5. The van der Waals surface area contributed by atoms with E-state index < -0.39 is 12.1 Å². The number of pyridine rings is 1. The van der Waals surface area contributed by atoms with E-state index in [1.807, 2.05) is 48.5 Å². The van der Waals surface area contributed by atoms with E-state index in [0.29, 0.717) is 37.9 Å². The Hall–Kier alpha value is -3.69. The number of benzene rings is 2. The number of nitrogens with one attached hydrogen (secondary N) is 3. The van der Waals surface area contributed by atoms with Crippen LogP contribution < -0.4 is 15.8 Å². The Balaban J connectivity index is 1.38. The molecule has 0 aliphatic carbocycles. The van der Waals surface area contributed by atoms with Crippen molar-refractivity contribution in [3.8, 4) is 0 Å². The average molecular weight is 531 g/mol. The third kappa shape index (κ3) is 7.66. The van der Waals surface area contributed by atoms with Crippen molar-refractivity contribution in [2.24, 2.45) is 5.73 Å². The van der Waals surface area contributed by atoms with E-state index in [9.17, 15) is 9.59 Å². The van der Waals surface area contributed by atoms with Gasteiger partial charge in [0.1, 0.15) is 11.9 Å². The van der Waals surface area contributed by atoms with Crippen molar-refractivity contribution in [2.75, 3.05) is 6.54 Å². The van der Waals surface area contributed by atoms with Gasteiger partial charge in [-0.15, -0.1) is 0 Å². The second-order valence-electron chi connectivity index (χ2n) is 9.32. The summed E-state index contributed by atoms with van der Waals surface area (Å²) in [4.78, 5) is 33.0. The largest absolute Gasteiger partial charge is 0.384 e. The molecule has 1 aliphatic rings. The molecule has 2 atom stereocenters. The van der Waals surface area contributed by atoms with Gasteiger partial charge in [-0.2, -0.15) is 0 Å². The Bertz CT molecular complexity index is 1210.